The number of aryl methyl sites for hydroxylation is 1. The largest absolute Gasteiger partial charge is 0.463 e. The van der Waals surface area contributed by atoms with E-state index in [1.807, 2.05) is 19.9 Å². The Morgan fingerprint density at radius 3 is 2.81 bits per heavy atom. The minimum Gasteiger partial charge on any atom is -0.463 e. The molecule has 0 spiro atoms. The molecule has 1 aromatic heterocycles. The Bertz CT molecular complexity index is 653. The highest BCUT2D eigenvalue weighted by molar-refractivity contribution is 9.10. The van der Waals surface area contributed by atoms with E-state index < -0.39 is 0 Å². The summed E-state index contributed by atoms with van der Waals surface area (Å²) < 4.78 is 6.21. The zero-order valence-corrected chi connectivity index (χ0v) is 14.0. The maximum atomic E-state index is 6.12. The number of nitrogens with two attached hydrogens (primary N) is 1. The first-order valence-electron chi connectivity index (χ1n) is 6.36. The van der Waals surface area contributed by atoms with Crippen molar-refractivity contribution in [2.45, 2.75) is 20.3 Å². The summed E-state index contributed by atoms with van der Waals surface area (Å²) in [6.07, 6.45) is 0.855. The Morgan fingerprint density at radius 2 is 2.10 bits per heavy atom. The fourth-order valence-electron chi connectivity index (χ4n) is 1.55. The summed E-state index contributed by atoms with van der Waals surface area (Å²) in [6.45, 7) is 4.44. The maximum absolute atomic E-state index is 6.12. The van der Waals surface area contributed by atoms with Gasteiger partial charge in [-0.3, -0.25) is 0 Å². The molecule has 0 unspecified atom stereocenters. The van der Waals surface area contributed by atoms with E-state index in [-0.39, 0.29) is 12.0 Å². The number of nitrogens with one attached hydrogen (secondary N) is 1. The number of halogens is 2. The van der Waals surface area contributed by atoms with Gasteiger partial charge in [-0.25, -0.2) is 0 Å². The molecule has 0 radical (unpaired) electrons. The molecule has 112 valence electrons. The number of hydrogen-bond donors (Lipinski definition) is 2. The average molecular weight is 373 g/mol. The lowest BCUT2D eigenvalue weighted by Crippen LogP contribution is -2.07. The van der Waals surface area contributed by atoms with Crippen molar-refractivity contribution < 1.29 is 4.74 Å². The van der Waals surface area contributed by atoms with Gasteiger partial charge in [0.25, 0.3) is 0 Å². The smallest absolute Gasteiger partial charge is 0.323 e. The second-order valence-corrected chi connectivity index (χ2v) is 5.62. The summed E-state index contributed by atoms with van der Waals surface area (Å²) in [5.74, 6) is 0.391. The number of rotatable bonds is 5. The van der Waals surface area contributed by atoms with Crippen LogP contribution >= 0.6 is 27.5 Å². The van der Waals surface area contributed by atoms with Gasteiger partial charge in [0.05, 0.1) is 12.3 Å². The fraction of sp³-hybridized carbons (Fsp3) is 0.308. The molecular formula is C13H15BrClN5O. The number of anilines is 3. The lowest BCUT2D eigenvalue weighted by molar-refractivity contribution is 0.292. The first kappa shape index (κ1) is 15.8. The highest BCUT2D eigenvalue weighted by Gasteiger charge is 2.09. The van der Waals surface area contributed by atoms with E-state index in [2.05, 4.69) is 36.2 Å². The summed E-state index contributed by atoms with van der Waals surface area (Å²) in [5.41, 5.74) is 7.36. The van der Waals surface area contributed by atoms with Crippen molar-refractivity contribution >= 4 is 45.1 Å². The van der Waals surface area contributed by atoms with Crippen LogP contribution in [0.3, 0.4) is 0 Å². The summed E-state index contributed by atoms with van der Waals surface area (Å²) in [6, 6.07) is 3.89. The van der Waals surface area contributed by atoms with E-state index in [9.17, 15) is 0 Å². The molecule has 8 heteroatoms. The molecule has 0 aliphatic carbocycles. The molecule has 0 amide bonds. The van der Waals surface area contributed by atoms with E-state index in [0.717, 1.165) is 22.1 Å². The number of nitrogen functional groups attached to an aromatic ring is 1. The predicted octanol–water partition coefficient (Wildman–Crippen LogP) is 3.71. The minimum atomic E-state index is 0.0907. The zero-order chi connectivity index (χ0) is 15.4. The van der Waals surface area contributed by atoms with Gasteiger partial charge >= 0.3 is 6.01 Å². The third-order valence-electron chi connectivity index (χ3n) is 2.56. The van der Waals surface area contributed by atoms with Crippen molar-refractivity contribution in [3.63, 3.8) is 0 Å². The summed E-state index contributed by atoms with van der Waals surface area (Å²) >= 11 is 9.58. The highest BCUT2D eigenvalue weighted by atomic mass is 79.9. The number of nitrogens with zero attached hydrogens (tertiary/aromatic N) is 3. The Hall–Kier alpha value is -1.60. The molecule has 0 bridgehead atoms. The van der Waals surface area contributed by atoms with Gasteiger partial charge in [-0.2, -0.15) is 15.0 Å². The first-order valence-corrected chi connectivity index (χ1v) is 7.53. The van der Waals surface area contributed by atoms with E-state index >= 15 is 0 Å². The van der Waals surface area contributed by atoms with Crippen LogP contribution in [0, 0.1) is 6.92 Å². The topological polar surface area (TPSA) is 86.0 Å². The van der Waals surface area contributed by atoms with Crippen LogP contribution in [-0.2, 0) is 0 Å². The van der Waals surface area contributed by atoms with Crippen molar-refractivity contribution in [2.24, 2.45) is 0 Å². The lowest BCUT2D eigenvalue weighted by atomic mass is 10.2. The molecule has 1 heterocycles. The number of aromatic nitrogens is 3. The molecule has 2 aromatic rings. The molecule has 6 nitrogen and oxygen atoms in total. The van der Waals surface area contributed by atoms with E-state index in [1.165, 1.54) is 0 Å². The van der Waals surface area contributed by atoms with Gasteiger partial charge in [0, 0.05) is 9.50 Å². The van der Waals surface area contributed by atoms with Crippen molar-refractivity contribution in [3.05, 3.63) is 27.2 Å². The molecule has 1 aromatic carbocycles. The van der Waals surface area contributed by atoms with Crippen molar-refractivity contribution in [3.8, 4) is 6.01 Å². The number of benzene rings is 1. The zero-order valence-electron chi connectivity index (χ0n) is 11.7. The fourth-order valence-corrected chi connectivity index (χ4v) is 2.27. The van der Waals surface area contributed by atoms with Crippen LogP contribution in [-0.4, -0.2) is 21.6 Å². The first-order chi connectivity index (χ1) is 9.99. The number of hydrogen-bond acceptors (Lipinski definition) is 6. The van der Waals surface area contributed by atoms with Gasteiger partial charge in [-0.05, 0) is 47.0 Å². The molecule has 0 aliphatic rings. The Balaban J connectivity index is 2.27. The van der Waals surface area contributed by atoms with Crippen molar-refractivity contribution in [2.75, 3.05) is 17.7 Å². The highest BCUT2D eigenvalue weighted by Crippen LogP contribution is 2.30. The summed E-state index contributed by atoms with van der Waals surface area (Å²) in [4.78, 5) is 12.1. The van der Waals surface area contributed by atoms with Crippen LogP contribution in [0.25, 0.3) is 0 Å². The Labute approximate surface area is 136 Å². The van der Waals surface area contributed by atoms with Crippen LogP contribution in [0.5, 0.6) is 6.01 Å². The molecule has 0 fully saturated rings. The van der Waals surface area contributed by atoms with Gasteiger partial charge < -0.3 is 15.8 Å². The third kappa shape index (κ3) is 4.18. The SMILES string of the molecule is CCCOc1nc(N)nc(Nc2cc(Cl)c(C)cc2Br)n1. The predicted molar refractivity (Wildman–Crippen MR) is 87.2 cm³/mol. The van der Waals surface area contributed by atoms with Crippen molar-refractivity contribution in [1.82, 2.24) is 15.0 Å². The van der Waals surface area contributed by atoms with Crippen LogP contribution in [0.1, 0.15) is 18.9 Å². The molecule has 0 saturated heterocycles. The minimum absolute atomic E-state index is 0.0907. The lowest BCUT2D eigenvalue weighted by Gasteiger charge is -2.10. The Morgan fingerprint density at radius 1 is 1.33 bits per heavy atom. The van der Waals surface area contributed by atoms with Crippen LogP contribution in [0.4, 0.5) is 17.6 Å². The maximum Gasteiger partial charge on any atom is 0.323 e. The van der Waals surface area contributed by atoms with E-state index in [0.29, 0.717) is 17.6 Å². The third-order valence-corrected chi connectivity index (χ3v) is 3.63. The molecule has 0 saturated carbocycles. The standard InChI is InChI=1S/C13H15BrClN5O/c1-3-4-21-13-19-11(16)18-12(20-13)17-10-6-9(15)7(2)5-8(10)14/h5-6H,3-4H2,1-2H3,(H3,16,17,18,19,20). The van der Waals surface area contributed by atoms with Gasteiger partial charge in [0.15, 0.2) is 0 Å². The van der Waals surface area contributed by atoms with Crippen LogP contribution in [0.15, 0.2) is 16.6 Å². The summed E-state index contributed by atoms with van der Waals surface area (Å²) in [5, 5.41) is 3.69. The second kappa shape index (κ2) is 6.91. The molecule has 0 aliphatic heterocycles. The van der Waals surface area contributed by atoms with Gasteiger partial charge in [0.2, 0.25) is 11.9 Å². The molecule has 3 N–H and O–H groups in total. The quantitative estimate of drug-likeness (QED) is 0.832. The van der Waals surface area contributed by atoms with E-state index in [1.54, 1.807) is 6.07 Å². The van der Waals surface area contributed by atoms with Gasteiger partial charge in [0.1, 0.15) is 0 Å². The van der Waals surface area contributed by atoms with E-state index in [4.69, 9.17) is 22.1 Å². The second-order valence-electron chi connectivity index (χ2n) is 4.35. The normalized spacial score (nSPS) is 10.5. The average Bonchev–Trinajstić information content (AvgIpc) is 2.42. The molecule has 0 atom stereocenters. The summed E-state index contributed by atoms with van der Waals surface area (Å²) in [7, 11) is 0. The van der Waals surface area contributed by atoms with Crippen molar-refractivity contribution in [1.29, 1.82) is 0 Å². The van der Waals surface area contributed by atoms with Gasteiger partial charge in [-0.15, -0.1) is 0 Å². The molecule has 2 rings (SSSR count). The molecular weight excluding hydrogens is 358 g/mol. The monoisotopic (exact) mass is 371 g/mol. The Kier molecular flexibility index (Phi) is 5.19. The van der Waals surface area contributed by atoms with Crippen LogP contribution < -0.4 is 15.8 Å². The molecule has 21 heavy (non-hydrogen) atoms. The van der Waals surface area contributed by atoms with Crippen LogP contribution in [0.2, 0.25) is 5.02 Å². The van der Waals surface area contributed by atoms with Gasteiger partial charge in [-0.1, -0.05) is 18.5 Å². The number of ether oxygens (including phenoxy) is 1.